The molecule has 0 radical (unpaired) electrons. The van der Waals surface area contributed by atoms with Gasteiger partial charge in [0.1, 0.15) is 12.7 Å². The van der Waals surface area contributed by atoms with Crippen LogP contribution in [0.5, 0.6) is 0 Å². The lowest BCUT2D eigenvalue weighted by atomic mass is 10.1. The SMILES string of the molecule is Cc1ccc(C)n1-c1ccc(Cl)c(C(=O)Nc2ccc(-n3cncn3)cc2)c1. The van der Waals surface area contributed by atoms with Crippen molar-refractivity contribution >= 4 is 23.2 Å². The van der Waals surface area contributed by atoms with Gasteiger partial charge >= 0.3 is 0 Å². The molecule has 7 heteroatoms. The molecule has 6 nitrogen and oxygen atoms in total. The third-order valence-electron chi connectivity index (χ3n) is 4.53. The maximum Gasteiger partial charge on any atom is 0.257 e. The topological polar surface area (TPSA) is 64.7 Å². The Morgan fingerprint density at radius 1 is 0.964 bits per heavy atom. The summed E-state index contributed by atoms with van der Waals surface area (Å²) in [7, 11) is 0. The van der Waals surface area contributed by atoms with Crippen LogP contribution in [0.3, 0.4) is 0 Å². The average Bonchev–Trinajstić information content (AvgIpc) is 3.33. The molecular weight excluding hydrogens is 374 g/mol. The average molecular weight is 392 g/mol. The maximum atomic E-state index is 12.8. The Kier molecular flexibility index (Phi) is 4.71. The maximum absolute atomic E-state index is 12.8. The Bertz CT molecular complexity index is 1110. The highest BCUT2D eigenvalue weighted by molar-refractivity contribution is 6.34. The number of nitrogens with zero attached hydrogens (tertiary/aromatic N) is 4. The fraction of sp³-hybridized carbons (Fsp3) is 0.0952. The third-order valence-corrected chi connectivity index (χ3v) is 4.86. The van der Waals surface area contributed by atoms with Crippen LogP contribution in [-0.4, -0.2) is 25.2 Å². The number of aryl methyl sites for hydroxylation is 2. The van der Waals surface area contributed by atoms with Gasteiger partial charge in [0, 0.05) is 22.8 Å². The molecule has 0 saturated heterocycles. The normalized spacial score (nSPS) is 10.8. The summed E-state index contributed by atoms with van der Waals surface area (Å²) in [5.41, 5.74) is 5.03. The molecule has 1 N–H and O–H groups in total. The smallest absolute Gasteiger partial charge is 0.257 e. The molecule has 0 aliphatic heterocycles. The number of nitrogens with one attached hydrogen (secondary N) is 1. The van der Waals surface area contributed by atoms with Crippen LogP contribution in [0.25, 0.3) is 11.4 Å². The molecule has 0 spiro atoms. The largest absolute Gasteiger partial charge is 0.322 e. The second-order valence-electron chi connectivity index (χ2n) is 6.46. The van der Waals surface area contributed by atoms with E-state index in [-0.39, 0.29) is 5.91 Å². The minimum atomic E-state index is -0.261. The number of hydrogen-bond donors (Lipinski definition) is 1. The molecule has 2 heterocycles. The van der Waals surface area contributed by atoms with Crippen LogP contribution in [0.15, 0.2) is 67.3 Å². The third kappa shape index (κ3) is 3.42. The molecule has 0 unspecified atom stereocenters. The van der Waals surface area contributed by atoms with Crippen LogP contribution in [0, 0.1) is 13.8 Å². The van der Waals surface area contributed by atoms with Gasteiger partial charge in [-0.15, -0.1) is 0 Å². The minimum Gasteiger partial charge on any atom is -0.322 e. The fourth-order valence-electron chi connectivity index (χ4n) is 3.14. The van der Waals surface area contributed by atoms with Gasteiger partial charge in [-0.05, 0) is 68.4 Å². The molecule has 0 bridgehead atoms. The summed E-state index contributed by atoms with van der Waals surface area (Å²) in [4.78, 5) is 16.7. The predicted molar refractivity (Wildman–Crippen MR) is 110 cm³/mol. The lowest BCUT2D eigenvalue weighted by Crippen LogP contribution is -2.13. The number of halogens is 1. The molecule has 4 aromatic rings. The number of rotatable bonds is 4. The van der Waals surface area contributed by atoms with Crippen LogP contribution in [0.2, 0.25) is 5.02 Å². The van der Waals surface area contributed by atoms with Gasteiger partial charge in [0.2, 0.25) is 0 Å². The number of hydrogen-bond acceptors (Lipinski definition) is 3. The number of carbonyl (C=O) groups excluding carboxylic acids is 1. The van der Waals surface area contributed by atoms with E-state index in [2.05, 4.69) is 20.0 Å². The van der Waals surface area contributed by atoms with Gasteiger partial charge in [0.25, 0.3) is 5.91 Å². The van der Waals surface area contributed by atoms with Crippen LogP contribution < -0.4 is 5.32 Å². The standard InChI is InChI=1S/C21H18ClN5O/c1-14-3-4-15(2)27(14)18-9-10-20(22)19(11-18)21(28)25-16-5-7-17(8-6-16)26-13-23-12-24-26/h3-13H,1-2H3,(H,25,28). The first kappa shape index (κ1) is 18.0. The summed E-state index contributed by atoms with van der Waals surface area (Å²) in [6.07, 6.45) is 3.09. The Hall–Kier alpha value is -3.38. The quantitative estimate of drug-likeness (QED) is 0.553. The summed E-state index contributed by atoms with van der Waals surface area (Å²) in [6, 6.07) is 16.9. The summed E-state index contributed by atoms with van der Waals surface area (Å²) in [5, 5.41) is 7.38. The van der Waals surface area contributed by atoms with Crippen molar-refractivity contribution in [2.45, 2.75) is 13.8 Å². The lowest BCUT2D eigenvalue weighted by Gasteiger charge is -2.13. The Morgan fingerprint density at radius 2 is 1.64 bits per heavy atom. The molecule has 1 amide bonds. The van der Waals surface area contributed by atoms with E-state index in [4.69, 9.17) is 11.6 Å². The highest BCUT2D eigenvalue weighted by Crippen LogP contribution is 2.24. The summed E-state index contributed by atoms with van der Waals surface area (Å²) < 4.78 is 3.73. The van der Waals surface area contributed by atoms with E-state index in [9.17, 15) is 4.79 Å². The van der Waals surface area contributed by atoms with E-state index in [0.29, 0.717) is 16.3 Å². The Morgan fingerprint density at radius 3 is 2.29 bits per heavy atom. The van der Waals surface area contributed by atoms with Gasteiger partial charge in [0.15, 0.2) is 0 Å². The number of anilines is 1. The van der Waals surface area contributed by atoms with Crippen molar-refractivity contribution in [2.24, 2.45) is 0 Å². The van der Waals surface area contributed by atoms with E-state index in [0.717, 1.165) is 22.8 Å². The van der Waals surface area contributed by atoms with Gasteiger partial charge in [-0.1, -0.05) is 11.6 Å². The molecule has 140 valence electrons. The van der Waals surface area contributed by atoms with E-state index in [1.807, 2.05) is 56.3 Å². The van der Waals surface area contributed by atoms with E-state index >= 15 is 0 Å². The molecule has 0 atom stereocenters. The van der Waals surface area contributed by atoms with Gasteiger partial charge < -0.3 is 9.88 Å². The summed E-state index contributed by atoms with van der Waals surface area (Å²) >= 11 is 6.30. The van der Waals surface area contributed by atoms with Gasteiger partial charge in [0.05, 0.1) is 16.3 Å². The molecule has 0 saturated carbocycles. The molecule has 28 heavy (non-hydrogen) atoms. The van der Waals surface area contributed by atoms with Crippen molar-refractivity contribution in [3.05, 3.63) is 89.2 Å². The zero-order chi connectivity index (χ0) is 19.7. The highest BCUT2D eigenvalue weighted by atomic mass is 35.5. The van der Waals surface area contributed by atoms with Crippen LogP contribution in [-0.2, 0) is 0 Å². The predicted octanol–water partition coefficient (Wildman–Crippen LogP) is 4.58. The number of amides is 1. The van der Waals surface area contributed by atoms with Crippen LogP contribution in [0.1, 0.15) is 21.7 Å². The first-order valence-electron chi connectivity index (χ1n) is 8.74. The van der Waals surface area contributed by atoms with Crippen molar-refractivity contribution in [2.75, 3.05) is 5.32 Å². The van der Waals surface area contributed by atoms with Gasteiger partial charge in [-0.3, -0.25) is 4.79 Å². The summed E-state index contributed by atoms with van der Waals surface area (Å²) in [5.74, 6) is -0.261. The van der Waals surface area contributed by atoms with E-state index in [1.54, 1.807) is 23.1 Å². The van der Waals surface area contributed by atoms with Crippen molar-refractivity contribution in [3.63, 3.8) is 0 Å². The second kappa shape index (κ2) is 7.32. The zero-order valence-electron chi connectivity index (χ0n) is 15.4. The van der Waals surface area contributed by atoms with E-state index < -0.39 is 0 Å². The van der Waals surface area contributed by atoms with Crippen molar-refractivity contribution in [1.29, 1.82) is 0 Å². The monoisotopic (exact) mass is 391 g/mol. The summed E-state index contributed by atoms with van der Waals surface area (Å²) in [6.45, 7) is 4.05. The first-order valence-corrected chi connectivity index (χ1v) is 9.12. The molecule has 0 fully saturated rings. The molecule has 0 aliphatic rings. The lowest BCUT2D eigenvalue weighted by molar-refractivity contribution is 0.102. The molecule has 4 rings (SSSR count). The first-order chi connectivity index (χ1) is 13.5. The molecule has 0 aliphatic carbocycles. The van der Waals surface area contributed by atoms with Gasteiger partial charge in [-0.2, -0.15) is 5.10 Å². The molecule has 2 aromatic carbocycles. The highest BCUT2D eigenvalue weighted by Gasteiger charge is 2.14. The van der Waals surface area contributed by atoms with E-state index in [1.165, 1.54) is 6.33 Å². The minimum absolute atomic E-state index is 0.261. The number of benzene rings is 2. The van der Waals surface area contributed by atoms with Crippen LogP contribution >= 0.6 is 11.6 Å². The van der Waals surface area contributed by atoms with Crippen LogP contribution in [0.4, 0.5) is 5.69 Å². The molecular formula is C21H18ClN5O. The fourth-order valence-corrected chi connectivity index (χ4v) is 3.34. The second-order valence-corrected chi connectivity index (χ2v) is 6.86. The van der Waals surface area contributed by atoms with Gasteiger partial charge in [-0.25, -0.2) is 9.67 Å². The zero-order valence-corrected chi connectivity index (χ0v) is 16.2. The number of carbonyl (C=O) groups is 1. The Balaban J connectivity index is 1.59. The van der Waals surface area contributed by atoms with Crippen molar-refractivity contribution in [3.8, 4) is 11.4 Å². The molecule has 2 aromatic heterocycles. The van der Waals surface area contributed by atoms with Crippen molar-refractivity contribution < 1.29 is 4.79 Å². The Labute approximate surface area is 167 Å². The number of aromatic nitrogens is 4. The van der Waals surface area contributed by atoms with Crippen molar-refractivity contribution in [1.82, 2.24) is 19.3 Å².